The molecule has 0 aliphatic rings. The summed E-state index contributed by atoms with van der Waals surface area (Å²) < 4.78 is 36.9. The van der Waals surface area contributed by atoms with Gasteiger partial charge < -0.3 is 5.11 Å². The molecule has 0 bridgehead atoms. The van der Waals surface area contributed by atoms with Crippen molar-refractivity contribution in [1.29, 1.82) is 0 Å². The molecule has 0 fully saturated rings. The molecule has 0 radical (unpaired) electrons. The maximum atomic E-state index is 13.4. The zero-order valence-corrected chi connectivity index (χ0v) is 11.0. The highest BCUT2D eigenvalue weighted by atomic mass is 32.2. The van der Waals surface area contributed by atoms with E-state index >= 15 is 0 Å². The van der Waals surface area contributed by atoms with Crippen LogP contribution in [-0.2, 0) is 15.6 Å². The van der Waals surface area contributed by atoms with Gasteiger partial charge >= 0.3 is 5.97 Å². The Labute approximate surface area is 105 Å². The predicted octanol–water partition coefficient (Wildman–Crippen LogP) is 2.09. The SMILES string of the molecule is CC(C)CS(=O)(=O)Cc1cc(C(=O)O)ccc1F. The van der Waals surface area contributed by atoms with Crippen molar-refractivity contribution in [2.45, 2.75) is 19.6 Å². The maximum Gasteiger partial charge on any atom is 0.335 e. The van der Waals surface area contributed by atoms with Gasteiger partial charge in [-0.2, -0.15) is 0 Å². The molecular weight excluding hydrogens is 259 g/mol. The molecule has 18 heavy (non-hydrogen) atoms. The number of hydrogen-bond acceptors (Lipinski definition) is 3. The van der Waals surface area contributed by atoms with E-state index in [4.69, 9.17) is 5.11 Å². The summed E-state index contributed by atoms with van der Waals surface area (Å²) in [6.45, 7) is 3.50. The Morgan fingerprint density at radius 2 is 2.00 bits per heavy atom. The summed E-state index contributed by atoms with van der Waals surface area (Å²) in [5, 5.41) is 8.77. The van der Waals surface area contributed by atoms with Gasteiger partial charge in [0.25, 0.3) is 0 Å². The van der Waals surface area contributed by atoms with Crippen molar-refractivity contribution < 1.29 is 22.7 Å². The van der Waals surface area contributed by atoms with Gasteiger partial charge in [-0.25, -0.2) is 17.6 Å². The van der Waals surface area contributed by atoms with Gasteiger partial charge in [0.05, 0.1) is 17.1 Å². The summed E-state index contributed by atoms with van der Waals surface area (Å²) in [4.78, 5) is 10.7. The zero-order valence-electron chi connectivity index (χ0n) is 10.2. The third kappa shape index (κ3) is 4.10. The highest BCUT2D eigenvalue weighted by Crippen LogP contribution is 2.16. The van der Waals surface area contributed by atoms with E-state index in [9.17, 15) is 17.6 Å². The van der Waals surface area contributed by atoms with Crippen LogP contribution >= 0.6 is 0 Å². The third-order valence-electron chi connectivity index (χ3n) is 2.26. The molecule has 0 saturated carbocycles. The standard InChI is InChI=1S/C12H15FO4S/c1-8(2)6-18(16,17)7-10-5-9(12(14)15)3-4-11(10)13/h3-5,8H,6-7H2,1-2H3,(H,14,15). The van der Waals surface area contributed by atoms with Crippen LogP contribution < -0.4 is 0 Å². The van der Waals surface area contributed by atoms with Crippen molar-refractivity contribution in [2.24, 2.45) is 5.92 Å². The van der Waals surface area contributed by atoms with Gasteiger partial charge in [-0.15, -0.1) is 0 Å². The molecule has 1 N–H and O–H groups in total. The van der Waals surface area contributed by atoms with Crippen LogP contribution in [0.1, 0.15) is 29.8 Å². The monoisotopic (exact) mass is 274 g/mol. The summed E-state index contributed by atoms with van der Waals surface area (Å²) in [6, 6.07) is 3.15. The molecule has 0 heterocycles. The van der Waals surface area contributed by atoms with Crippen LogP contribution in [0.5, 0.6) is 0 Å². The van der Waals surface area contributed by atoms with Gasteiger partial charge in [0, 0.05) is 5.56 Å². The van der Waals surface area contributed by atoms with E-state index in [2.05, 4.69) is 0 Å². The molecule has 0 spiro atoms. The lowest BCUT2D eigenvalue weighted by Gasteiger charge is -2.08. The summed E-state index contributed by atoms with van der Waals surface area (Å²) in [5.41, 5.74) is -0.221. The minimum atomic E-state index is -3.43. The van der Waals surface area contributed by atoms with Crippen LogP contribution in [0, 0.1) is 11.7 Å². The number of carboxylic acid groups (broad SMARTS) is 1. The molecule has 0 amide bonds. The van der Waals surface area contributed by atoms with Crippen LogP contribution in [0.25, 0.3) is 0 Å². The van der Waals surface area contributed by atoms with E-state index in [1.807, 2.05) is 0 Å². The molecule has 0 atom stereocenters. The fourth-order valence-corrected chi connectivity index (χ4v) is 3.45. The Bertz CT molecular complexity index is 549. The number of aromatic carboxylic acids is 1. The second-order valence-electron chi connectivity index (χ2n) is 4.56. The van der Waals surface area contributed by atoms with Gasteiger partial charge in [-0.3, -0.25) is 0 Å². The Balaban J connectivity index is 3.04. The lowest BCUT2D eigenvalue weighted by molar-refractivity contribution is 0.0696. The number of hydrogen-bond donors (Lipinski definition) is 1. The van der Waals surface area contributed by atoms with E-state index in [0.717, 1.165) is 18.2 Å². The van der Waals surface area contributed by atoms with Crippen LogP contribution in [0.3, 0.4) is 0 Å². The van der Waals surface area contributed by atoms with Crippen LogP contribution in [-0.4, -0.2) is 25.2 Å². The molecule has 1 aromatic rings. The number of carbonyl (C=O) groups is 1. The maximum absolute atomic E-state index is 13.4. The first-order chi connectivity index (χ1) is 8.21. The van der Waals surface area contributed by atoms with Gasteiger partial charge in [0.1, 0.15) is 5.82 Å². The average molecular weight is 274 g/mol. The number of sulfone groups is 1. The minimum absolute atomic E-state index is 0.0518. The first kappa shape index (κ1) is 14.6. The number of benzene rings is 1. The smallest absolute Gasteiger partial charge is 0.335 e. The number of rotatable bonds is 5. The van der Waals surface area contributed by atoms with Crippen LogP contribution in [0.4, 0.5) is 4.39 Å². The van der Waals surface area contributed by atoms with Crippen molar-refractivity contribution in [3.63, 3.8) is 0 Å². The minimum Gasteiger partial charge on any atom is -0.478 e. The van der Waals surface area contributed by atoms with E-state index in [-0.39, 0.29) is 22.8 Å². The van der Waals surface area contributed by atoms with Crippen molar-refractivity contribution >= 4 is 15.8 Å². The van der Waals surface area contributed by atoms with Gasteiger partial charge in [0.15, 0.2) is 9.84 Å². The van der Waals surface area contributed by atoms with Crippen molar-refractivity contribution in [3.8, 4) is 0 Å². The highest BCUT2D eigenvalue weighted by Gasteiger charge is 2.18. The van der Waals surface area contributed by atoms with Gasteiger partial charge in [-0.05, 0) is 24.1 Å². The fourth-order valence-electron chi connectivity index (χ4n) is 1.62. The largest absolute Gasteiger partial charge is 0.478 e. The normalized spacial score (nSPS) is 11.8. The Hall–Kier alpha value is -1.43. The summed E-state index contributed by atoms with van der Waals surface area (Å²) in [6.07, 6.45) is 0. The quantitative estimate of drug-likeness (QED) is 0.892. The number of halogens is 1. The molecule has 6 heteroatoms. The fraction of sp³-hybridized carbons (Fsp3) is 0.417. The molecule has 0 unspecified atom stereocenters. The van der Waals surface area contributed by atoms with Gasteiger partial charge in [0.2, 0.25) is 0 Å². The van der Waals surface area contributed by atoms with Crippen molar-refractivity contribution in [2.75, 3.05) is 5.75 Å². The van der Waals surface area contributed by atoms with E-state index in [1.165, 1.54) is 0 Å². The lowest BCUT2D eigenvalue weighted by Crippen LogP contribution is -2.15. The van der Waals surface area contributed by atoms with E-state index < -0.39 is 27.4 Å². The second-order valence-corrected chi connectivity index (χ2v) is 6.67. The van der Waals surface area contributed by atoms with E-state index in [0.29, 0.717) is 0 Å². The molecule has 1 aromatic carbocycles. The molecule has 0 aliphatic heterocycles. The highest BCUT2D eigenvalue weighted by molar-refractivity contribution is 7.90. The first-order valence-corrected chi connectivity index (χ1v) is 7.25. The second kappa shape index (κ2) is 5.48. The number of carboxylic acids is 1. The van der Waals surface area contributed by atoms with Gasteiger partial charge in [-0.1, -0.05) is 13.8 Å². The molecule has 1 rings (SSSR count). The molecule has 0 aliphatic carbocycles. The Kier molecular flexibility index (Phi) is 4.45. The third-order valence-corrected chi connectivity index (χ3v) is 4.18. The van der Waals surface area contributed by atoms with Crippen molar-refractivity contribution in [1.82, 2.24) is 0 Å². The van der Waals surface area contributed by atoms with Crippen LogP contribution in [0.15, 0.2) is 18.2 Å². The summed E-state index contributed by atoms with van der Waals surface area (Å²) in [7, 11) is -3.43. The Morgan fingerprint density at radius 3 is 2.50 bits per heavy atom. The molecule has 0 aromatic heterocycles. The van der Waals surface area contributed by atoms with E-state index in [1.54, 1.807) is 13.8 Å². The Morgan fingerprint density at radius 1 is 1.39 bits per heavy atom. The summed E-state index contributed by atoms with van der Waals surface area (Å²) >= 11 is 0. The molecule has 0 saturated heterocycles. The average Bonchev–Trinajstić information content (AvgIpc) is 2.18. The zero-order chi connectivity index (χ0) is 13.9. The van der Waals surface area contributed by atoms with Crippen molar-refractivity contribution in [3.05, 3.63) is 35.1 Å². The summed E-state index contributed by atoms with van der Waals surface area (Å²) in [5.74, 6) is -2.49. The molecule has 100 valence electrons. The lowest BCUT2D eigenvalue weighted by atomic mass is 10.1. The predicted molar refractivity (Wildman–Crippen MR) is 65.7 cm³/mol. The van der Waals surface area contributed by atoms with Crippen LogP contribution in [0.2, 0.25) is 0 Å². The molecular formula is C12H15FO4S. The first-order valence-electron chi connectivity index (χ1n) is 5.43. The molecule has 4 nitrogen and oxygen atoms in total. The topological polar surface area (TPSA) is 71.4 Å².